The number of rotatable bonds is 8. The summed E-state index contributed by atoms with van der Waals surface area (Å²) < 4.78 is 10.9. The number of benzene rings is 1. The van der Waals surface area contributed by atoms with E-state index in [1.165, 1.54) is 0 Å². The Morgan fingerprint density at radius 3 is 2.55 bits per heavy atom. The van der Waals surface area contributed by atoms with Gasteiger partial charge in [-0.2, -0.15) is 0 Å². The lowest BCUT2D eigenvalue weighted by Gasteiger charge is -2.13. The minimum atomic E-state index is 0.578. The maximum absolute atomic E-state index is 5.60. The normalized spacial score (nSPS) is 11.5. The number of nitrogens with one attached hydrogen (secondary N) is 2. The molecular weight excluding hydrogens is 278 g/mol. The Kier molecular flexibility index (Phi) is 8.18. The second-order valence-corrected chi connectivity index (χ2v) is 5.39. The summed E-state index contributed by atoms with van der Waals surface area (Å²) >= 11 is 0. The van der Waals surface area contributed by atoms with E-state index in [2.05, 4.69) is 36.4 Å². The molecule has 0 aliphatic rings. The van der Waals surface area contributed by atoms with Crippen LogP contribution in [0.4, 0.5) is 0 Å². The highest BCUT2D eigenvalue weighted by Crippen LogP contribution is 2.28. The van der Waals surface area contributed by atoms with E-state index in [1.54, 1.807) is 7.11 Å². The van der Waals surface area contributed by atoms with Gasteiger partial charge in [-0.05, 0) is 37.5 Å². The molecule has 0 saturated carbocycles. The Morgan fingerprint density at radius 1 is 1.18 bits per heavy atom. The number of hydrogen-bond acceptors (Lipinski definition) is 3. The number of hydrogen-bond donors (Lipinski definition) is 2. The predicted octanol–water partition coefficient (Wildman–Crippen LogP) is 2.81. The van der Waals surface area contributed by atoms with E-state index >= 15 is 0 Å². The molecule has 0 aliphatic carbocycles. The summed E-state index contributed by atoms with van der Waals surface area (Å²) in [7, 11) is 1.65. The van der Waals surface area contributed by atoms with Gasteiger partial charge in [0, 0.05) is 13.1 Å². The first-order chi connectivity index (χ1) is 10.6. The Bertz CT molecular complexity index is 473. The van der Waals surface area contributed by atoms with Gasteiger partial charge in [-0.25, -0.2) is 4.99 Å². The van der Waals surface area contributed by atoms with Crippen molar-refractivity contribution in [2.75, 3.05) is 26.8 Å². The van der Waals surface area contributed by atoms with E-state index in [1.807, 2.05) is 25.1 Å². The summed E-state index contributed by atoms with van der Waals surface area (Å²) in [4.78, 5) is 4.61. The van der Waals surface area contributed by atoms with E-state index in [-0.39, 0.29) is 0 Å². The molecule has 5 nitrogen and oxygen atoms in total. The van der Waals surface area contributed by atoms with Crippen LogP contribution in [0.25, 0.3) is 0 Å². The minimum absolute atomic E-state index is 0.578. The number of aliphatic imine (C=N–C) groups is 1. The highest BCUT2D eigenvalue weighted by atomic mass is 16.5. The fourth-order valence-corrected chi connectivity index (χ4v) is 1.90. The Hall–Kier alpha value is -1.91. The number of methoxy groups -OCH3 is 1. The molecule has 0 heterocycles. The molecule has 5 heteroatoms. The molecule has 1 aromatic rings. The molecule has 0 aliphatic heterocycles. The van der Waals surface area contributed by atoms with E-state index in [4.69, 9.17) is 9.47 Å². The molecule has 0 fully saturated rings. The average Bonchev–Trinajstić information content (AvgIpc) is 2.50. The van der Waals surface area contributed by atoms with Gasteiger partial charge in [0.15, 0.2) is 17.5 Å². The van der Waals surface area contributed by atoms with Gasteiger partial charge in [-0.15, -0.1) is 0 Å². The summed E-state index contributed by atoms with van der Waals surface area (Å²) in [5.74, 6) is 2.93. The van der Waals surface area contributed by atoms with Gasteiger partial charge in [0.25, 0.3) is 0 Å². The zero-order valence-corrected chi connectivity index (χ0v) is 14.4. The zero-order chi connectivity index (χ0) is 16.4. The largest absolute Gasteiger partial charge is 0.493 e. The number of ether oxygens (including phenoxy) is 2. The second kappa shape index (κ2) is 9.92. The lowest BCUT2D eigenvalue weighted by Crippen LogP contribution is -2.39. The first-order valence-corrected chi connectivity index (χ1v) is 7.92. The van der Waals surface area contributed by atoms with E-state index in [0.29, 0.717) is 19.1 Å². The smallest absolute Gasteiger partial charge is 0.191 e. The van der Waals surface area contributed by atoms with Crippen molar-refractivity contribution >= 4 is 5.96 Å². The maximum Gasteiger partial charge on any atom is 0.191 e. The summed E-state index contributed by atoms with van der Waals surface area (Å²) in [5.41, 5.74) is 1.09. The fraction of sp³-hybridized carbons (Fsp3) is 0.588. The molecule has 0 saturated heterocycles. The molecule has 0 radical (unpaired) electrons. The van der Waals surface area contributed by atoms with Crippen molar-refractivity contribution in [3.63, 3.8) is 0 Å². The summed E-state index contributed by atoms with van der Waals surface area (Å²) in [5, 5.41) is 6.59. The molecule has 0 atom stereocenters. The van der Waals surface area contributed by atoms with Crippen LogP contribution in [-0.4, -0.2) is 32.8 Å². The molecule has 2 N–H and O–H groups in total. The third-order valence-corrected chi connectivity index (χ3v) is 2.97. The Balaban J connectivity index is 2.77. The molecule has 1 aromatic carbocycles. The molecule has 0 amide bonds. The molecule has 0 aromatic heterocycles. The summed E-state index contributed by atoms with van der Waals surface area (Å²) in [6.07, 6.45) is 0. The summed E-state index contributed by atoms with van der Waals surface area (Å²) in [6.45, 7) is 11.3. The monoisotopic (exact) mass is 307 g/mol. The molecule has 1 rings (SSSR count). The highest BCUT2D eigenvalue weighted by molar-refractivity contribution is 5.79. The molecule has 0 unspecified atom stereocenters. The Morgan fingerprint density at radius 2 is 1.95 bits per heavy atom. The van der Waals surface area contributed by atoms with Crippen molar-refractivity contribution in [2.45, 2.75) is 34.2 Å². The molecule has 22 heavy (non-hydrogen) atoms. The van der Waals surface area contributed by atoms with Crippen molar-refractivity contribution in [3.8, 4) is 11.5 Å². The van der Waals surface area contributed by atoms with Gasteiger partial charge in [0.05, 0.1) is 20.3 Å². The van der Waals surface area contributed by atoms with Crippen molar-refractivity contribution < 1.29 is 9.47 Å². The van der Waals surface area contributed by atoms with Crippen LogP contribution < -0.4 is 20.1 Å². The van der Waals surface area contributed by atoms with Crippen molar-refractivity contribution in [3.05, 3.63) is 23.8 Å². The maximum atomic E-state index is 5.60. The zero-order valence-electron chi connectivity index (χ0n) is 14.4. The van der Waals surface area contributed by atoms with Gasteiger partial charge >= 0.3 is 0 Å². The molecular formula is C17H29N3O2. The van der Waals surface area contributed by atoms with E-state index in [9.17, 15) is 0 Å². The van der Waals surface area contributed by atoms with Crippen molar-refractivity contribution in [1.29, 1.82) is 0 Å². The number of guanidine groups is 1. The first-order valence-electron chi connectivity index (χ1n) is 7.92. The van der Waals surface area contributed by atoms with Crippen LogP contribution in [0.1, 0.15) is 33.3 Å². The van der Waals surface area contributed by atoms with Crippen molar-refractivity contribution in [2.24, 2.45) is 10.9 Å². The van der Waals surface area contributed by atoms with Crippen LogP contribution in [0.15, 0.2) is 23.2 Å². The van der Waals surface area contributed by atoms with Crippen LogP contribution in [0.5, 0.6) is 11.5 Å². The van der Waals surface area contributed by atoms with Gasteiger partial charge in [0.1, 0.15) is 0 Å². The lowest BCUT2D eigenvalue weighted by atomic mass is 10.2. The van der Waals surface area contributed by atoms with E-state index < -0.39 is 0 Å². The fourth-order valence-electron chi connectivity index (χ4n) is 1.90. The van der Waals surface area contributed by atoms with Crippen LogP contribution in [0, 0.1) is 5.92 Å². The quantitative estimate of drug-likeness (QED) is 0.573. The van der Waals surface area contributed by atoms with Crippen molar-refractivity contribution in [1.82, 2.24) is 10.6 Å². The minimum Gasteiger partial charge on any atom is -0.493 e. The van der Waals surface area contributed by atoms with Crippen LogP contribution in [0.3, 0.4) is 0 Å². The summed E-state index contributed by atoms with van der Waals surface area (Å²) in [6, 6.07) is 5.92. The third-order valence-electron chi connectivity index (χ3n) is 2.97. The first kappa shape index (κ1) is 18.1. The van der Waals surface area contributed by atoms with Crippen LogP contribution in [0.2, 0.25) is 0 Å². The molecule has 124 valence electrons. The SMILES string of the molecule is CCNC(=NCc1ccc(OC)c(OCC)c1)NCC(C)C. The third kappa shape index (κ3) is 6.24. The van der Waals surface area contributed by atoms with Gasteiger partial charge in [0.2, 0.25) is 0 Å². The Labute approximate surface area is 134 Å². The van der Waals surface area contributed by atoms with Gasteiger partial charge in [-0.1, -0.05) is 19.9 Å². The topological polar surface area (TPSA) is 54.9 Å². The van der Waals surface area contributed by atoms with Gasteiger partial charge < -0.3 is 20.1 Å². The van der Waals surface area contributed by atoms with Gasteiger partial charge in [-0.3, -0.25) is 0 Å². The molecule has 0 bridgehead atoms. The van der Waals surface area contributed by atoms with Crippen LogP contribution in [-0.2, 0) is 6.54 Å². The standard InChI is InChI=1S/C17H29N3O2/c1-6-18-17(19-11-13(3)4)20-12-14-8-9-15(21-5)16(10-14)22-7-2/h8-10,13H,6-7,11-12H2,1-5H3,(H2,18,19,20). The van der Waals surface area contributed by atoms with E-state index in [0.717, 1.165) is 36.1 Å². The highest BCUT2D eigenvalue weighted by Gasteiger charge is 2.05. The van der Waals surface area contributed by atoms with Crippen LogP contribution >= 0.6 is 0 Å². The second-order valence-electron chi connectivity index (χ2n) is 5.39. The lowest BCUT2D eigenvalue weighted by molar-refractivity contribution is 0.310. The number of nitrogens with zero attached hydrogens (tertiary/aromatic N) is 1. The average molecular weight is 307 g/mol. The molecule has 0 spiro atoms. The predicted molar refractivity (Wildman–Crippen MR) is 91.8 cm³/mol.